The first-order valence-corrected chi connectivity index (χ1v) is 22.8. The van der Waals surface area contributed by atoms with E-state index in [0.717, 1.165) is 98.5 Å². The molecule has 0 aliphatic carbocycles. The predicted molar refractivity (Wildman–Crippen MR) is 237 cm³/mol. The van der Waals surface area contributed by atoms with Crippen molar-refractivity contribution in [3.63, 3.8) is 0 Å². The maximum absolute atomic E-state index is 11.2. The van der Waals surface area contributed by atoms with Crippen LogP contribution in [0.15, 0.2) is 42.2 Å². The molecule has 0 amide bonds. The number of imidazole rings is 1. The van der Waals surface area contributed by atoms with Crippen LogP contribution < -0.4 is 19.5 Å². The number of carbonyl (C=O) groups excluding carboxylic acids is 1. The maximum atomic E-state index is 11.2. The van der Waals surface area contributed by atoms with Gasteiger partial charge in [-0.25, -0.2) is 9.13 Å². The highest BCUT2D eigenvalue weighted by atomic mass is 35.5. The molecular weight excluding hydrogens is 802 g/mol. The lowest BCUT2D eigenvalue weighted by Gasteiger charge is -2.25. The second kappa shape index (κ2) is 24.9. The highest BCUT2D eigenvalue weighted by molar-refractivity contribution is 6.43. The summed E-state index contributed by atoms with van der Waals surface area (Å²) in [6.45, 7) is 7.51. The molecule has 2 aromatic carbocycles. The van der Waals surface area contributed by atoms with Crippen LogP contribution in [0, 0.1) is 0 Å². The van der Waals surface area contributed by atoms with Gasteiger partial charge < -0.3 is 24.8 Å². The van der Waals surface area contributed by atoms with Crippen LogP contribution in [0.1, 0.15) is 148 Å². The van der Waals surface area contributed by atoms with Crippen molar-refractivity contribution in [2.75, 3.05) is 22.9 Å². The Kier molecular flexibility index (Phi) is 20.4. The molecule has 3 aromatic rings. The van der Waals surface area contributed by atoms with E-state index in [-0.39, 0.29) is 12.8 Å². The molecule has 12 heteroatoms. The summed E-state index contributed by atoms with van der Waals surface area (Å²) in [7, 11) is 0. The highest BCUT2D eigenvalue weighted by Gasteiger charge is 2.32. The van der Waals surface area contributed by atoms with Crippen LogP contribution in [0.4, 0.5) is 11.4 Å². The molecule has 314 valence electrons. The Morgan fingerprint density at radius 2 is 1.14 bits per heavy atom. The second-order valence-electron chi connectivity index (χ2n) is 15.3. The van der Waals surface area contributed by atoms with Crippen LogP contribution in [-0.4, -0.2) is 34.7 Å². The molecule has 4 rings (SSSR count). The number of nitrogens with zero attached hydrogens (tertiary/aromatic N) is 4. The molecule has 0 fully saturated rings. The second-order valence-corrected chi connectivity index (χ2v) is 16.9. The smallest absolute Gasteiger partial charge is 0.303 e. The topological polar surface area (TPSA) is 92.7 Å². The minimum absolute atomic E-state index is 0.0519. The maximum Gasteiger partial charge on any atom is 0.303 e. The van der Waals surface area contributed by atoms with Gasteiger partial charge in [0.15, 0.2) is 11.0 Å². The van der Waals surface area contributed by atoms with E-state index < -0.39 is 11.9 Å². The molecular formula is C45H62Cl4N4O4. The minimum Gasteiger partial charge on any atom is -0.550 e. The highest BCUT2D eigenvalue weighted by Crippen LogP contribution is 2.46. The molecule has 2 heterocycles. The molecule has 1 N–H and O–H groups in total. The van der Waals surface area contributed by atoms with Gasteiger partial charge in [-0.2, -0.15) is 0 Å². The van der Waals surface area contributed by atoms with Crippen molar-refractivity contribution in [1.29, 1.82) is 0 Å². The van der Waals surface area contributed by atoms with E-state index in [9.17, 15) is 19.8 Å². The Morgan fingerprint density at radius 3 is 1.72 bits per heavy atom. The summed E-state index contributed by atoms with van der Waals surface area (Å²) in [6.07, 6.45) is 25.2. The first-order valence-electron chi connectivity index (χ1n) is 21.3. The number of carboxylic acid groups (broad SMARTS) is 2. The number of aryl methyl sites for hydroxylation is 2. The molecule has 0 radical (unpaired) electrons. The van der Waals surface area contributed by atoms with Gasteiger partial charge in [-0.1, -0.05) is 131 Å². The molecule has 1 aromatic heterocycles. The minimum atomic E-state index is -1.02. The molecule has 0 unspecified atom stereocenters. The van der Waals surface area contributed by atoms with E-state index in [1.54, 1.807) is 0 Å². The fourth-order valence-electron chi connectivity index (χ4n) is 7.76. The average molecular weight is 865 g/mol. The average Bonchev–Trinajstić information content (AvgIpc) is 3.60. The number of halogens is 4. The van der Waals surface area contributed by atoms with Crippen LogP contribution in [0.2, 0.25) is 20.1 Å². The zero-order valence-corrected chi connectivity index (χ0v) is 37.0. The van der Waals surface area contributed by atoms with Crippen LogP contribution in [-0.2, 0) is 22.7 Å². The third-order valence-electron chi connectivity index (χ3n) is 10.8. The molecule has 0 saturated heterocycles. The third-order valence-corrected chi connectivity index (χ3v) is 12.2. The zero-order chi connectivity index (χ0) is 41.2. The number of carboxylic acids is 2. The quantitative estimate of drug-likeness (QED) is 0.0577. The fourth-order valence-corrected chi connectivity index (χ4v) is 8.39. The van der Waals surface area contributed by atoms with Gasteiger partial charge in [0.2, 0.25) is 0 Å². The van der Waals surface area contributed by atoms with Gasteiger partial charge in [0.1, 0.15) is 5.82 Å². The van der Waals surface area contributed by atoms with Crippen molar-refractivity contribution in [3.05, 3.63) is 68.2 Å². The SMILES string of the molecule is CCCCCCCCN1/C(=C\C=C\c2n(CCCCCCCC)c3cc(Cl)c(Cl)cc3[n+]2CCCCCC(=O)[O-])N(CCCCCC(=O)O)c2cc(Cl)c(Cl)cc21. The molecule has 0 saturated carbocycles. The fraction of sp³-hybridized carbons (Fsp3) is 0.578. The Bertz CT molecular complexity index is 1820. The van der Waals surface area contributed by atoms with Crippen molar-refractivity contribution in [3.8, 4) is 0 Å². The van der Waals surface area contributed by atoms with E-state index in [2.05, 4.69) is 51.0 Å². The number of fused-ring (bicyclic) bond motifs is 2. The summed E-state index contributed by atoms with van der Waals surface area (Å²) in [5.74, 6) is 0.268. The molecule has 0 atom stereocenters. The standard InChI is InChI=1S/C45H62Cl4N4O4/c1-3-5-7-9-11-17-26-50-38-30-34(46)36(48)32-40(38)52(28-19-13-15-24-44(54)55)42(50)22-21-23-43-51(27-18-12-10-8-6-4-2)39-31-35(47)37(49)33-41(39)53(43)29-20-14-16-25-45(56)57/h21-23,30-33H,3-20,24-29H2,1-2H3,(H-,54,55,56,57). The molecule has 8 nitrogen and oxygen atoms in total. The van der Waals surface area contributed by atoms with Gasteiger partial charge in [-0.15, -0.1) is 0 Å². The number of allylic oxidation sites excluding steroid dienone is 2. The van der Waals surface area contributed by atoms with Gasteiger partial charge in [0.05, 0.1) is 44.6 Å². The summed E-state index contributed by atoms with van der Waals surface area (Å²) in [5.41, 5.74) is 4.04. The lowest BCUT2D eigenvalue weighted by atomic mass is 10.1. The van der Waals surface area contributed by atoms with E-state index >= 15 is 0 Å². The Morgan fingerprint density at radius 1 is 0.649 bits per heavy atom. The number of hydrogen-bond donors (Lipinski definition) is 1. The summed E-state index contributed by atoms with van der Waals surface area (Å²) < 4.78 is 4.64. The third kappa shape index (κ3) is 14.1. The van der Waals surface area contributed by atoms with Crippen LogP contribution in [0.5, 0.6) is 0 Å². The van der Waals surface area contributed by atoms with Gasteiger partial charge in [-0.3, -0.25) is 4.79 Å². The number of carbonyl (C=O) groups is 2. The number of benzene rings is 2. The van der Waals surface area contributed by atoms with Crippen molar-refractivity contribution in [2.45, 2.75) is 155 Å². The van der Waals surface area contributed by atoms with E-state index in [4.69, 9.17) is 46.4 Å². The summed E-state index contributed by atoms with van der Waals surface area (Å²) in [5, 5.41) is 22.4. The van der Waals surface area contributed by atoms with Crippen molar-refractivity contribution < 1.29 is 24.4 Å². The van der Waals surface area contributed by atoms with Crippen LogP contribution >= 0.6 is 46.4 Å². The van der Waals surface area contributed by atoms with Crippen molar-refractivity contribution >= 4 is 86.8 Å². The largest absolute Gasteiger partial charge is 0.550 e. The Hall–Kier alpha value is -2.91. The van der Waals surface area contributed by atoms with E-state index in [0.29, 0.717) is 46.0 Å². The van der Waals surface area contributed by atoms with Gasteiger partial charge in [0, 0.05) is 43.7 Å². The zero-order valence-electron chi connectivity index (χ0n) is 34.0. The number of anilines is 2. The van der Waals surface area contributed by atoms with Crippen LogP contribution in [0.25, 0.3) is 17.1 Å². The van der Waals surface area contributed by atoms with E-state index in [1.807, 2.05) is 24.3 Å². The van der Waals surface area contributed by atoms with Gasteiger partial charge in [-0.05, 0) is 76.0 Å². The summed E-state index contributed by atoms with van der Waals surface area (Å²) >= 11 is 26.6. The van der Waals surface area contributed by atoms with E-state index in [1.165, 1.54) is 51.4 Å². The molecule has 1 aliphatic rings. The number of aromatic nitrogens is 2. The Balaban J connectivity index is 1.76. The molecule has 0 bridgehead atoms. The molecule has 0 spiro atoms. The lowest BCUT2D eigenvalue weighted by molar-refractivity contribution is -0.674. The summed E-state index contributed by atoms with van der Waals surface area (Å²) in [6, 6.07) is 7.84. The number of aliphatic carboxylic acids is 2. The van der Waals surface area contributed by atoms with Crippen molar-refractivity contribution in [2.24, 2.45) is 0 Å². The predicted octanol–water partition coefficient (Wildman–Crippen LogP) is 12.4. The monoisotopic (exact) mass is 862 g/mol. The van der Waals surface area contributed by atoms with Gasteiger partial charge in [0.25, 0.3) is 5.82 Å². The Labute approximate surface area is 360 Å². The summed E-state index contributed by atoms with van der Waals surface area (Å²) in [4.78, 5) is 27.0. The number of unbranched alkanes of at least 4 members (excludes halogenated alkanes) is 14. The first-order chi connectivity index (χ1) is 27.6. The number of hydrogen-bond acceptors (Lipinski definition) is 5. The van der Waals surface area contributed by atoms with Crippen LogP contribution in [0.3, 0.4) is 0 Å². The van der Waals surface area contributed by atoms with Gasteiger partial charge >= 0.3 is 5.97 Å². The molecule has 57 heavy (non-hydrogen) atoms. The molecule has 1 aliphatic heterocycles. The number of rotatable bonds is 28. The first kappa shape index (κ1) is 46.8. The normalized spacial score (nSPS) is 13.5. The van der Waals surface area contributed by atoms with Crippen molar-refractivity contribution in [1.82, 2.24) is 4.57 Å². The lowest BCUT2D eigenvalue weighted by Crippen LogP contribution is -2.36.